The van der Waals surface area contributed by atoms with Crippen LogP contribution in [-0.4, -0.2) is 11.1 Å². The van der Waals surface area contributed by atoms with Crippen LogP contribution in [0.25, 0.3) is 0 Å². The van der Waals surface area contributed by atoms with Gasteiger partial charge in [-0.2, -0.15) is 0 Å². The third-order valence-electron chi connectivity index (χ3n) is 2.04. The van der Waals surface area contributed by atoms with Crippen LogP contribution in [-0.2, 0) is 0 Å². The largest absolute Gasteiger partial charge is 0.478 e. The number of hydrogen-bond acceptors (Lipinski definition) is 2. The Morgan fingerprint density at radius 1 is 1.46 bits per heavy atom. The van der Waals surface area contributed by atoms with Gasteiger partial charge in [-0.15, -0.1) is 0 Å². The van der Waals surface area contributed by atoms with E-state index in [4.69, 9.17) is 10.8 Å². The van der Waals surface area contributed by atoms with Gasteiger partial charge in [0, 0.05) is 10.2 Å². The molecular weight excluding hydrogens is 234 g/mol. The van der Waals surface area contributed by atoms with Gasteiger partial charge in [0.15, 0.2) is 0 Å². The number of carboxylic acid groups (broad SMARTS) is 1. The summed E-state index contributed by atoms with van der Waals surface area (Å²) < 4.78 is 0.730. The Bertz CT molecular complexity index is 348. The summed E-state index contributed by atoms with van der Waals surface area (Å²) in [4.78, 5) is 10.9. The molecule has 0 fully saturated rings. The Hall–Kier alpha value is -1.03. The molecule has 0 bridgehead atoms. The summed E-state index contributed by atoms with van der Waals surface area (Å²) in [7, 11) is 0. The van der Waals surface area contributed by atoms with Crippen molar-refractivity contribution < 1.29 is 9.90 Å². The number of benzene rings is 1. The van der Waals surface area contributed by atoms with E-state index >= 15 is 0 Å². The lowest BCUT2D eigenvalue weighted by Gasteiger charge is -2.09. The monoisotopic (exact) mass is 243 g/mol. The number of nitrogens with two attached hydrogens (primary N) is 1. The lowest BCUT2D eigenvalue weighted by atomic mass is 10.0. The van der Waals surface area contributed by atoms with Crippen molar-refractivity contribution in [2.45, 2.75) is 13.8 Å². The molecule has 1 aromatic rings. The standard InChI is InChI=1S/C9H10BrNO2/c1-4-6(10)3-7(11)5(2)8(4)9(12)13/h3H,11H2,1-2H3,(H,12,13). The van der Waals surface area contributed by atoms with Gasteiger partial charge in [0.1, 0.15) is 0 Å². The molecule has 70 valence electrons. The molecule has 0 aliphatic rings. The van der Waals surface area contributed by atoms with E-state index in [0.717, 1.165) is 4.47 Å². The van der Waals surface area contributed by atoms with Crippen LogP contribution in [0.1, 0.15) is 21.5 Å². The van der Waals surface area contributed by atoms with E-state index in [2.05, 4.69) is 15.9 Å². The first-order chi connectivity index (χ1) is 5.95. The molecule has 0 radical (unpaired) electrons. The molecule has 0 unspecified atom stereocenters. The first-order valence-corrected chi connectivity index (χ1v) is 4.53. The predicted octanol–water partition coefficient (Wildman–Crippen LogP) is 2.35. The zero-order chi connectivity index (χ0) is 10.2. The number of carbonyl (C=O) groups is 1. The van der Waals surface area contributed by atoms with Gasteiger partial charge in [0.2, 0.25) is 0 Å². The zero-order valence-electron chi connectivity index (χ0n) is 7.39. The van der Waals surface area contributed by atoms with Crippen LogP contribution >= 0.6 is 15.9 Å². The zero-order valence-corrected chi connectivity index (χ0v) is 8.97. The number of carboxylic acids is 1. The van der Waals surface area contributed by atoms with E-state index < -0.39 is 5.97 Å². The first kappa shape index (κ1) is 10.1. The van der Waals surface area contributed by atoms with Gasteiger partial charge in [-0.25, -0.2) is 4.79 Å². The summed E-state index contributed by atoms with van der Waals surface area (Å²) in [5.74, 6) is -0.942. The molecule has 4 heteroatoms. The van der Waals surface area contributed by atoms with Crippen molar-refractivity contribution in [2.24, 2.45) is 0 Å². The molecule has 13 heavy (non-hydrogen) atoms. The quantitative estimate of drug-likeness (QED) is 0.745. The van der Waals surface area contributed by atoms with Crippen LogP contribution in [0.3, 0.4) is 0 Å². The summed E-state index contributed by atoms with van der Waals surface area (Å²) in [5, 5.41) is 8.92. The van der Waals surface area contributed by atoms with E-state index in [-0.39, 0.29) is 5.56 Å². The van der Waals surface area contributed by atoms with Gasteiger partial charge in [-0.1, -0.05) is 15.9 Å². The van der Waals surface area contributed by atoms with E-state index in [9.17, 15) is 4.79 Å². The summed E-state index contributed by atoms with van der Waals surface area (Å²) in [6, 6.07) is 1.72. The lowest BCUT2D eigenvalue weighted by Crippen LogP contribution is -2.06. The molecule has 1 aromatic carbocycles. The van der Waals surface area contributed by atoms with E-state index in [1.807, 2.05) is 0 Å². The van der Waals surface area contributed by atoms with Crippen molar-refractivity contribution >= 4 is 27.6 Å². The molecule has 0 spiro atoms. The minimum Gasteiger partial charge on any atom is -0.478 e. The topological polar surface area (TPSA) is 63.3 Å². The van der Waals surface area contributed by atoms with Crippen LogP contribution in [0.4, 0.5) is 5.69 Å². The number of anilines is 1. The molecule has 0 aliphatic carbocycles. The maximum atomic E-state index is 10.9. The van der Waals surface area contributed by atoms with Crippen molar-refractivity contribution in [3.05, 3.63) is 27.2 Å². The third kappa shape index (κ3) is 1.67. The van der Waals surface area contributed by atoms with E-state index in [1.165, 1.54) is 0 Å². The second kappa shape index (κ2) is 3.38. The molecular formula is C9H10BrNO2. The van der Waals surface area contributed by atoms with Crippen LogP contribution in [0, 0.1) is 13.8 Å². The summed E-state index contributed by atoms with van der Waals surface area (Å²) in [6.07, 6.45) is 0. The summed E-state index contributed by atoms with van der Waals surface area (Å²) >= 11 is 3.26. The average molecular weight is 244 g/mol. The second-order valence-electron chi connectivity index (χ2n) is 2.88. The minimum absolute atomic E-state index is 0.284. The highest BCUT2D eigenvalue weighted by atomic mass is 79.9. The molecule has 0 atom stereocenters. The first-order valence-electron chi connectivity index (χ1n) is 3.73. The maximum Gasteiger partial charge on any atom is 0.336 e. The Morgan fingerprint density at radius 3 is 2.46 bits per heavy atom. The normalized spacial score (nSPS) is 10.1. The van der Waals surface area contributed by atoms with Crippen molar-refractivity contribution in [3.63, 3.8) is 0 Å². The highest BCUT2D eigenvalue weighted by molar-refractivity contribution is 9.10. The van der Waals surface area contributed by atoms with Crippen molar-refractivity contribution in [1.29, 1.82) is 0 Å². The molecule has 0 aliphatic heterocycles. The van der Waals surface area contributed by atoms with Crippen molar-refractivity contribution in [1.82, 2.24) is 0 Å². The highest BCUT2D eigenvalue weighted by Gasteiger charge is 2.15. The Labute approximate surface area is 84.7 Å². The Balaban J connectivity index is 3.56. The molecule has 0 heterocycles. The smallest absolute Gasteiger partial charge is 0.336 e. The second-order valence-corrected chi connectivity index (χ2v) is 3.73. The van der Waals surface area contributed by atoms with Gasteiger partial charge >= 0.3 is 5.97 Å². The number of aromatic carboxylic acids is 1. The van der Waals surface area contributed by atoms with E-state index in [0.29, 0.717) is 16.8 Å². The molecule has 0 amide bonds. The lowest BCUT2D eigenvalue weighted by molar-refractivity contribution is 0.0695. The van der Waals surface area contributed by atoms with E-state index in [1.54, 1.807) is 19.9 Å². The van der Waals surface area contributed by atoms with Crippen molar-refractivity contribution in [3.8, 4) is 0 Å². The van der Waals surface area contributed by atoms with Crippen LogP contribution < -0.4 is 5.73 Å². The van der Waals surface area contributed by atoms with Gasteiger partial charge in [-0.05, 0) is 31.0 Å². The van der Waals surface area contributed by atoms with Crippen LogP contribution in [0.5, 0.6) is 0 Å². The van der Waals surface area contributed by atoms with Gasteiger partial charge in [0.25, 0.3) is 0 Å². The van der Waals surface area contributed by atoms with Gasteiger partial charge < -0.3 is 10.8 Å². The Morgan fingerprint density at radius 2 is 2.00 bits per heavy atom. The number of rotatable bonds is 1. The molecule has 1 rings (SSSR count). The third-order valence-corrected chi connectivity index (χ3v) is 2.86. The molecule has 3 nitrogen and oxygen atoms in total. The Kier molecular flexibility index (Phi) is 2.61. The summed E-state index contributed by atoms with van der Waals surface area (Å²) in [6.45, 7) is 3.46. The average Bonchev–Trinajstić information content (AvgIpc) is 2.01. The molecule has 0 saturated carbocycles. The SMILES string of the molecule is Cc1c(N)cc(Br)c(C)c1C(=O)O. The fourth-order valence-corrected chi connectivity index (χ4v) is 1.66. The minimum atomic E-state index is -0.942. The number of halogens is 1. The fraction of sp³-hybridized carbons (Fsp3) is 0.222. The number of nitrogen functional groups attached to an aromatic ring is 1. The molecule has 0 saturated heterocycles. The molecule has 3 N–H and O–H groups in total. The fourth-order valence-electron chi connectivity index (χ4n) is 1.22. The van der Waals surface area contributed by atoms with Crippen LogP contribution in [0.2, 0.25) is 0 Å². The van der Waals surface area contributed by atoms with Gasteiger partial charge in [-0.3, -0.25) is 0 Å². The number of hydrogen-bond donors (Lipinski definition) is 2. The maximum absolute atomic E-state index is 10.9. The van der Waals surface area contributed by atoms with Crippen molar-refractivity contribution in [2.75, 3.05) is 5.73 Å². The molecule has 0 aromatic heterocycles. The van der Waals surface area contributed by atoms with Gasteiger partial charge in [0.05, 0.1) is 5.56 Å². The van der Waals surface area contributed by atoms with Crippen LogP contribution in [0.15, 0.2) is 10.5 Å². The highest BCUT2D eigenvalue weighted by Crippen LogP contribution is 2.27. The predicted molar refractivity (Wildman–Crippen MR) is 55.0 cm³/mol. The summed E-state index contributed by atoms with van der Waals surface area (Å²) in [5.41, 5.74) is 7.74.